The lowest BCUT2D eigenvalue weighted by molar-refractivity contribution is 0.197. The molecule has 1 aromatic heterocycles. The van der Waals surface area contributed by atoms with Crippen LogP contribution in [-0.4, -0.2) is 63.0 Å². The van der Waals surface area contributed by atoms with E-state index < -0.39 is 9.84 Å². The van der Waals surface area contributed by atoms with Crippen molar-refractivity contribution in [2.45, 2.75) is 52.2 Å². The van der Waals surface area contributed by atoms with Gasteiger partial charge < -0.3 is 10.6 Å². The lowest BCUT2D eigenvalue weighted by atomic mass is 10.1. The van der Waals surface area contributed by atoms with E-state index in [1.165, 1.54) is 16.7 Å². The fourth-order valence-electron chi connectivity index (χ4n) is 3.00. The number of hydrogen-bond acceptors (Lipinski definition) is 5. The lowest BCUT2D eigenvalue weighted by Crippen LogP contribution is -2.44. The summed E-state index contributed by atoms with van der Waals surface area (Å²) in [7, 11) is -2.93. The maximum absolute atomic E-state index is 11.3. The number of fused-ring (bicyclic) bond motifs is 1. The Bertz CT molecular complexity index is 700. The van der Waals surface area contributed by atoms with Crippen LogP contribution in [0.3, 0.4) is 0 Å². The first-order chi connectivity index (χ1) is 12.3. The van der Waals surface area contributed by atoms with Gasteiger partial charge in [0.25, 0.3) is 0 Å². The van der Waals surface area contributed by atoms with Crippen molar-refractivity contribution >= 4 is 27.1 Å². The van der Waals surface area contributed by atoms with E-state index in [4.69, 9.17) is 4.99 Å². The monoisotopic (exact) mass is 400 g/mol. The van der Waals surface area contributed by atoms with Crippen molar-refractivity contribution in [2.24, 2.45) is 4.99 Å². The first kappa shape index (κ1) is 21.2. The van der Waals surface area contributed by atoms with Crippen molar-refractivity contribution in [2.75, 3.05) is 31.6 Å². The Balaban J connectivity index is 1.87. The summed E-state index contributed by atoms with van der Waals surface area (Å²) in [5.41, 5.74) is 1.46. The standard InChI is InChI=1S/C18H32N4O2S2/c1-5-19-18(21-14(2)8-11-26(4,23)24)20-12-15(3)22-9-6-17-16(13-22)7-10-25-17/h7,10,14-15H,5-6,8-9,11-13H2,1-4H3,(H2,19,20,21). The smallest absolute Gasteiger partial charge is 0.191 e. The molecule has 0 fully saturated rings. The van der Waals surface area contributed by atoms with E-state index in [0.717, 1.165) is 32.0 Å². The highest BCUT2D eigenvalue weighted by Crippen LogP contribution is 2.25. The Hall–Kier alpha value is -1.12. The molecule has 1 aliphatic rings. The lowest BCUT2D eigenvalue weighted by Gasteiger charge is -2.31. The molecule has 2 unspecified atom stereocenters. The average Bonchev–Trinajstić information content (AvgIpc) is 3.04. The fraction of sp³-hybridized carbons (Fsp3) is 0.722. The predicted octanol–water partition coefficient (Wildman–Crippen LogP) is 1.87. The third-order valence-corrected chi connectivity index (χ3v) is 6.62. The molecule has 0 amide bonds. The Labute approximate surface area is 162 Å². The summed E-state index contributed by atoms with van der Waals surface area (Å²) in [6.07, 6.45) is 2.98. The molecule has 2 N–H and O–H groups in total. The minimum atomic E-state index is -2.93. The topological polar surface area (TPSA) is 73.8 Å². The van der Waals surface area contributed by atoms with Gasteiger partial charge in [0, 0.05) is 42.9 Å². The summed E-state index contributed by atoms with van der Waals surface area (Å²) in [4.78, 5) is 8.72. The highest BCUT2D eigenvalue weighted by Gasteiger charge is 2.21. The number of sulfone groups is 1. The van der Waals surface area contributed by atoms with Crippen LogP contribution in [-0.2, 0) is 22.8 Å². The Morgan fingerprint density at radius 2 is 2.19 bits per heavy atom. The van der Waals surface area contributed by atoms with Crippen molar-refractivity contribution in [3.8, 4) is 0 Å². The summed E-state index contributed by atoms with van der Waals surface area (Å²) in [6, 6.07) is 2.66. The molecular weight excluding hydrogens is 368 g/mol. The van der Waals surface area contributed by atoms with Gasteiger partial charge in [-0.2, -0.15) is 0 Å². The number of aliphatic imine (C=N–C) groups is 1. The number of nitrogens with zero attached hydrogens (tertiary/aromatic N) is 2. The quantitative estimate of drug-likeness (QED) is 0.515. The van der Waals surface area contributed by atoms with E-state index in [2.05, 4.69) is 33.9 Å². The molecule has 1 aromatic rings. The third kappa shape index (κ3) is 6.89. The molecule has 0 spiro atoms. The van der Waals surface area contributed by atoms with Gasteiger partial charge in [0.1, 0.15) is 9.84 Å². The van der Waals surface area contributed by atoms with E-state index in [-0.39, 0.29) is 11.8 Å². The third-order valence-electron chi connectivity index (χ3n) is 4.62. The van der Waals surface area contributed by atoms with E-state index in [1.54, 1.807) is 0 Å². The Morgan fingerprint density at radius 3 is 2.88 bits per heavy atom. The van der Waals surface area contributed by atoms with Crippen molar-refractivity contribution in [1.29, 1.82) is 0 Å². The van der Waals surface area contributed by atoms with Gasteiger partial charge >= 0.3 is 0 Å². The van der Waals surface area contributed by atoms with Crippen LogP contribution in [0.4, 0.5) is 0 Å². The average molecular weight is 401 g/mol. The van der Waals surface area contributed by atoms with Crippen molar-refractivity contribution in [3.63, 3.8) is 0 Å². The predicted molar refractivity (Wildman–Crippen MR) is 111 cm³/mol. The van der Waals surface area contributed by atoms with Crippen LogP contribution in [0.15, 0.2) is 16.4 Å². The van der Waals surface area contributed by atoms with Gasteiger partial charge in [-0.15, -0.1) is 11.3 Å². The first-order valence-electron chi connectivity index (χ1n) is 9.30. The van der Waals surface area contributed by atoms with Crippen molar-refractivity contribution < 1.29 is 8.42 Å². The fourth-order valence-corrected chi connectivity index (χ4v) is 4.67. The van der Waals surface area contributed by atoms with Crippen molar-refractivity contribution in [1.82, 2.24) is 15.5 Å². The van der Waals surface area contributed by atoms with Crippen LogP contribution in [0.25, 0.3) is 0 Å². The van der Waals surface area contributed by atoms with Crippen LogP contribution >= 0.6 is 11.3 Å². The highest BCUT2D eigenvalue weighted by atomic mass is 32.2. The molecular formula is C18H32N4O2S2. The molecule has 0 saturated carbocycles. The van der Waals surface area contributed by atoms with E-state index in [1.807, 2.05) is 25.2 Å². The number of hydrogen-bond donors (Lipinski definition) is 2. The van der Waals surface area contributed by atoms with E-state index >= 15 is 0 Å². The van der Waals surface area contributed by atoms with Crippen LogP contribution < -0.4 is 10.6 Å². The molecule has 2 rings (SSSR count). The summed E-state index contributed by atoms with van der Waals surface area (Å²) in [6.45, 7) is 9.82. The second-order valence-corrected chi connectivity index (χ2v) is 10.4. The molecule has 6 nitrogen and oxygen atoms in total. The zero-order chi connectivity index (χ0) is 19.2. The molecule has 0 radical (unpaired) electrons. The molecule has 148 valence electrons. The van der Waals surface area contributed by atoms with E-state index in [9.17, 15) is 8.42 Å². The van der Waals surface area contributed by atoms with Crippen LogP contribution in [0, 0.1) is 0 Å². The molecule has 0 aromatic carbocycles. The Kier molecular flexibility index (Phi) is 7.91. The van der Waals surface area contributed by atoms with Gasteiger partial charge in [-0.1, -0.05) is 0 Å². The minimum absolute atomic E-state index is 0.0567. The molecule has 0 saturated heterocycles. The Morgan fingerprint density at radius 1 is 1.42 bits per heavy atom. The molecule has 1 aliphatic heterocycles. The molecule has 2 atom stereocenters. The highest BCUT2D eigenvalue weighted by molar-refractivity contribution is 7.90. The number of guanidine groups is 1. The summed E-state index contributed by atoms with van der Waals surface area (Å²) in [5, 5.41) is 8.75. The molecule has 26 heavy (non-hydrogen) atoms. The van der Waals surface area contributed by atoms with Gasteiger partial charge in [0.15, 0.2) is 5.96 Å². The van der Waals surface area contributed by atoms with E-state index in [0.29, 0.717) is 19.0 Å². The van der Waals surface area contributed by atoms with Gasteiger partial charge in [-0.25, -0.2) is 8.42 Å². The maximum Gasteiger partial charge on any atom is 0.191 e. The van der Waals surface area contributed by atoms with Gasteiger partial charge in [0.05, 0.1) is 12.3 Å². The normalized spacial score (nSPS) is 18.2. The van der Waals surface area contributed by atoms with Gasteiger partial charge in [-0.05, 0) is 50.6 Å². The summed E-state index contributed by atoms with van der Waals surface area (Å²) >= 11 is 1.86. The summed E-state index contributed by atoms with van der Waals surface area (Å²) in [5.74, 6) is 0.946. The molecule has 2 heterocycles. The second-order valence-electron chi connectivity index (χ2n) is 7.12. The molecule has 8 heteroatoms. The van der Waals surface area contributed by atoms with Crippen LogP contribution in [0.2, 0.25) is 0 Å². The minimum Gasteiger partial charge on any atom is -0.357 e. The number of thiophene rings is 1. The summed E-state index contributed by atoms with van der Waals surface area (Å²) < 4.78 is 22.7. The second kappa shape index (κ2) is 9.71. The zero-order valence-corrected chi connectivity index (χ0v) is 17.9. The maximum atomic E-state index is 11.3. The number of rotatable bonds is 8. The molecule has 0 aliphatic carbocycles. The largest absolute Gasteiger partial charge is 0.357 e. The van der Waals surface area contributed by atoms with Gasteiger partial charge in [0.2, 0.25) is 0 Å². The zero-order valence-electron chi connectivity index (χ0n) is 16.3. The van der Waals surface area contributed by atoms with Crippen molar-refractivity contribution in [3.05, 3.63) is 21.9 Å². The number of nitrogens with one attached hydrogen (secondary N) is 2. The molecule has 0 bridgehead atoms. The van der Waals surface area contributed by atoms with Crippen LogP contribution in [0.1, 0.15) is 37.6 Å². The first-order valence-corrected chi connectivity index (χ1v) is 12.2. The van der Waals surface area contributed by atoms with Crippen LogP contribution in [0.5, 0.6) is 0 Å². The SMILES string of the molecule is CCNC(=NCC(C)N1CCc2sccc2C1)NC(C)CCS(C)(=O)=O. The van der Waals surface area contributed by atoms with Gasteiger partial charge in [-0.3, -0.25) is 9.89 Å².